The average Bonchev–Trinajstić information content (AvgIpc) is 3.85. The van der Waals surface area contributed by atoms with E-state index in [4.69, 9.17) is 0 Å². The quantitative estimate of drug-likeness (QED) is 0.146. The first-order valence-electron chi connectivity index (χ1n) is 22.2. The molecule has 0 radical (unpaired) electrons. The molecule has 0 fully saturated rings. The minimum absolute atomic E-state index is 0.258. The van der Waals surface area contributed by atoms with Crippen LogP contribution in [0.1, 0.15) is 43.2 Å². The molecule has 62 heavy (non-hydrogen) atoms. The van der Waals surface area contributed by atoms with Crippen molar-refractivity contribution in [3.63, 3.8) is 0 Å². The van der Waals surface area contributed by atoms with Gasteiger partial charge in [0.2, 0.25) is 0 Å². The van der Waals surface area contributed by atoms with Gasteiger partial charge in [-0.2, -0.15) is 0 Å². The lowest BCUT2D eigenvalue weighted by molar-refractivity contribution is 0.711. The molecule has 0 N–H and O–H groups in total. The van der Waals surface area contributed by atoms with Crippen molar-refractivity contribution in [3.05, 3.63) is 223 Å². The Balaban J connectivity index is 0.956. The first kappa shape index (κ1) is 36.4. The van der Waals surface area contributed by atoms with Crippen molar-refractivity contribution in [1.82, 2.24) is 4.57 Å². The van der Waals surface area contributed by atoms with Crippen molar-refractivity contribution in [3.8, 4) is 39.1 Å². The average molecular weight is 795 g/mol. The lowest BCUT2D eigenvalue weighted by Gasteiger charge is -2.31. The Morgan fingerprint density at radius 1 is 0.452 bits per heavy atom. The zero-order valence-corrected chi connectivity index (χ0v) is 35.0. The second kappa shape index (κ2) is 14.6. The fourth-order valence-corrected chi connectivity index (χ4v) is 10.7. The second-order valence-electron chi connectivity index (χ2n) is 17.1. The molecule has 0 saturated carbocycles. The molecular formula is C60H46N2. The number of anilines is 2. The third kappa shape index (κ3) is 5.63. The molecular weight excluding hydrogens is 749 g/mol. The van der Waals surface area contributed by atoms with Crippen LogP contribution in [0.4, 0.5) is 11.4 Å². The molecule has 0 spiro atoms. The smallest absolute Gasteiger partial charge is 0.0629 e. The van der Waals surface area contributed by atoms with Crippen molar-refractivity contribution in [2.24, 2.45) is 0 Å². The minimum Gasteiger partial charge on any atom is -0.333 e. The van der Waals surface area contributed by atoms with Gasteiger partial charge < -0.3 is 9.47 Å². The van der Waals surface area contributed by atoms with Gasteiger partial charge in [0.1, 0.15) is 0 Å². The number of hydrogen-bond acceptors (Lipinski definition) is 1. The van der Waals surface area contributed by atoms with Crippen LogP contribution in [-0.2, 0) is 0 Å². The van der Waals surface area contributed by atoms with Crippen LogP contribution in [0.25, 0.3) is 82.4 Å². The van der Waals surface area contributed by atoms with Crippen LogP contribution < -0.4 is 4.90 Å². The van der Waals surface area contributed by atoms with Crippen LogP contribution in [0.5, 0.6) is 0 Å². The molecule has 10 aromatic rings. The van der Waals surface area contributed by atoms with Crippen LogP contribution in [0.2, 0.25) is 0 Å². The van der Waals surface area contributed by atoms with E-state index >= 15 is 0 Å². The van der Waals surface area contributed by atoms with Gasteiger partial charge in [-0.1, -0.05) is 178 Å². The maximum Gasteiger partial charge on any atom is 0.0629 e. The van der Waals surface area contributed by atoms with Gasteiger partial charge in [-0.15, -0.1) is 0 Å². The molecule has 1 aliphatic carbocycles. The number of hydrogen-bond donors (Lipinski definition) is 0. The van der Waals surface area contributed by atoms with Gasteiger partial charge in [0.05, 0.1) is 17.1 Å². The van der Waals surface area contributed by atoms with Gasteiger partial charge in [0.15, 0.2) is 0 Å². The molecule has 2 aliphatic rings. The Bertz CT molecular complexity index is 3360. The molecule has 1 aromatic heterocycles. The summed E-state index contributed by atoms with van der Waals surface area (Å²) in [6.45, 7) is 4.64. The van der Waals surface area contributed by atoms with Gasteiger partial charge in [0, 0.05) is 33.8 Å². The van der Waals surface area contributed by atoms with Gasteiger partial charge in [0.25, 0.3) is 0 Å². The predicted molar refractivity (Wildman–Crippen MR) is 264 cm³/mol. The minimum atomic E-state index is 0.258. The number of aromatic nitrogens is 1. The number of allylic oxidation sites excluding steroid dienone is 2. The SMILES string of the molecule is CCC(C)c1ccccc1N1c2ccc(-c3ccc4c(c3)c3ccccc3n4-c3ccc(-c4c5ccccc5c(-c5ccccc5)c5ccccc45)cc3)cc2C2C=CC=CC21. The number of para-hydroxylation sites is 2. The zero-order chi connectivity index (χ0) is 41.3. The van der Waals surface area contributed by atoms with Crippen molar-refractivity contribution in [2.45, 2.75) is 38.1 Å². The lowest BCUT2D eigenvalue weighted by atomic mass is 9.86. The van der Waals surface area contributed by atoms with E-state index in [1.54, 1.807) is 0 Å². The highest BCUT2D eigenvalue weighted by molar-refractivity contribution is 6.21. The fraction of sp³-hybridized carbons (Fsp3) is 0.100. The van der Waals surface area contributed by atoms with E-state index in [-0.39, 0.29) is 6.04 Å². The molecule has 9 aromatic carbocycles. The summed E-state index contributed by atoms with van der Waals surface area (Å²) in [5.41, 5.74) is 16.5. The Morgan fingerprint density at radius 2 is 1.00 bits per heavy atom. The van der Waals surface area contributed by atoms with Crippen molar-refractivity contribution in [2.75, 3.05) is 4.90 Å². The maximum atomic E-state index is 2.60. The summed E-state index contributed by atoms with van der Waals surface area (Å²) in [6.07, 6.45) is 10.3. The van der Waals surface area contributed by atoms with Crippen LogP contribution in [0.15, 0.2) is 212 Å². The van der Waals surface area contributed by atoms with E-state index in [0.717, 1.165) is 12.1 Å². The molecule has 12 rings (SSSR count). The highest BCUT2D eigenvalue weighted by Crippen LogP contribution is 2.51. The molecule has 296 valence electrons. The molecule has 2 nitrogen and oxygen atoms in total. The molecule has 0 amide bonds. The zero-order valence-electron chi connectivity index (χ0n) is 35.0. The van der Waals surface area contributed by atoms with E-state index in [1.165, 1.54) is 99.2 Å². The topological polar surface area (TPSA) is 8.17 Å². The van der Waals surface area contributed by atoms with Gasteiger partial charge >= 0.3 is 0 Å². The van der Waals surface area contributed by atoms with E-state index in [1.807, 2.05) is 0 Å². The molecule has 1 aliphatic heterocycles. The monoisotopic (exact) mass is 794 g/mol. The number of rotatable bonds is 7. The summed E-state index contributed by atoms with van der Waals surface area (Å²) < 4.78 is 2.44. The highest BCUT2D eigenvalue weighted by Gasteiger charge is 2.38. The van der Waals surface area contributed by atoms with Gasteiger partial charge in [-0.05, 0) is 127 Å². The summed E-state index contributed by atoms with van der Waals surface area (Å²) >= 11 is 0. The summed E-state index contributed by atoms with van der Waals surface area (Å²) in [7, 11) is 0. The Labute approximate surface area is 363 Å². The summed E-state index contributed by atoms with van der Waals surface area (Å²) in [5.74, 6) is 0.785. The molecule has 3 atom stereocenters. The first-order valence-corrected chi connectivity index (χ1v) is 22.2. The van der Waals surface area contributed by atoms with Crippen molar-refractivity contribution in [1.29, 1.82) is 0 Å². The normalized spacial score (nSPS) is 16.1. The molecule has 3 unspecified atom stereocenters. The lowest BCUT2D eigenvalue weighted by Crippen LogP contribution is -2.29. The Morgan fingerprint density at radius 3 is 1.71 bits per heavy atom. The number of nitrogens with zero attached hydrogens (tertiary/aromatic N) is 2. The maximum absolute atomic E-state index is 2.60. The van der Waals surface area contributed by atoms with Crippen LogP contribution in [0.3, 0.4) is 0 Å². The third-order valence-electron chi connectivity index (χ3n) is 13.8. The van der Waals surface area contributed by atoms with Gasteiger partial charge in [-0.3, -0.25) is 0 Å². The second-order valence-corrected chi connectivity index (χ2v) is 17.1. The van der Waals surface area contributed by atoms with Crippen LogP contribution in [0, 0.1) is 0 Å². The Kier molecular flexibility index (Phi) is 8.60. The number of benzene rings is 9. The van der Waals surface area contributed by atoms with E-state index in [9.17, 15) is 0 Å². The predicted octanol–water partition coefficient (Wildman–Crippen LogP) is 16.3. The molecule has 2 heteroatoms. The van der Waals surface area contributed by atoms with E-state index in [2.05, 4.69) is 236 Å². The van der Waals surface area contributed by atoms with E-state index in [0.29, 0.717) is 11.8 Å². The largest absolute Gasteiger partial charge is 0.333 e. The third-order valence-corrected chi connectivity index (χ3v) is 13.8. The van der Waals surface area contributed by atoms with Crippen LogP contribution in [-0.4, -0.2) is 10.6 Å². The molecule has 2 heterocycles. The van der Waals surface area contributed by atoms with Crippen LogP contribution >= 0.6 is 0 Å². The number of fused-ring (bicyclic) bond motifs is 8. The molecule has 0 saturated heterocycles. The van der Waals surface area contributed by atoms with Crippen molar-refractivity contribution < 1.29 is 0 Å². The van der Waals surface area contributed by atoms with Gasteiger partial charge in [-0.25, -0.2) is 0 Å². The molecule has 0 bridgehead atoms. The van der Waals surface area contributed by atoms with Crippen molar-refractivity contribution >= 4 is 54.7 Å². The van der Waals surface area contributed by atoms with E-state index < -0.39 is 0 Å². The summed E-state index contributed by atoms with van der Waals surface area (Å²) in [5, 5.41) is 7.60. The summed E-state index contributed by atoms with van der Waals surface area (Å²) in [4.78, 5) is 2.60. The summed E-state index contributed by atoms with van der Waals surface area (Å²) in [6, 6.07) is 70.2. The highest BCUT2D eigenvalue weighted by atomic mass is 15.2. The fourth-order valence-electron chi connectivity index (χ4n) is 10.7. The Hall–Kier alpha value is -7.42. The first-order chi connectivity index (χ1) is 30.7. The standard InChI is InChI=1S/C60H46N2/c1-3-39(2)45-19-11-14-26-54(45)62-56-28-16-13-21-47(56)53-38-43(32-36-58(53)62)42-31-35-57-52(37-42)46-20-12-15-27-55(46)61(57)44-33-29-41(30-34-44)60-50-24-9-7-22-48(50)59(40-17-5-4-6-18-40)49-23-8-10-25-51(49)60/h4-39,47,56H,3H2,1-2H3.